The first-order valence-electron chi connectivity index (χ1n) is 6.25. The summed E-state index contributed by atoms with van der Waals surface area (Å²) in [6.07, 6.45) is 1.11. The number of nitrogens with two attached hydrogens (primary N) is 1. The Morgan fingerprint density at radius 1 is 1.37 bits per heavy atom. The first-order valence-corrected chi connectivity index (χ1v) is 6.25. The third-order valence-corrected chi connectivity index (χ3v) is 2.87. The number of para-hydroxylation sites is 1. The first kappa shape index (κ1) is 15.2. The zero-order chi connectivity index (χ0) is 14.3. The highest BCUT2D eigenvalue weighted by molar-refractivity contribution is 6.01. The van der Waals surface area contributed by atoms with E-state index in [1.807, 2.05) is 6.92 Å². The molecule has 0 aliphatic rings. The fourth-order valence-electron chi connectivity index (χ4n) is 1.59. The Kier molecular flexibility index (Phi) is 6.02. The zero-order valence-electron chi connectivity index (χ0n) is 11.3. The van der Waals surface area contributed by atoms with Crippen molar-refractivity contribution in [2.75, 3.05) is 19.0 Å². The lowest BCUT2D eigenvalue weighted by Gasteiger charge is -2.11. The van der Waals surface area contributed by atoms with E-state index >= 15 is 0 Å². The van der Waals surface area contributed by atoms with Crippen molar-refractivity contribution in [1.82, 2.24) is 0 Å². The SMILES string of the molecule is COC(=O)c1ccccc1NC(=O)CCC(C)CN. The van der Waals surface area contributed by atoms with Gasteiger partial charge in [-0.05, 0) is 31.0 Å². The van der Waals surface area contributed by atoms with Crippen LogP contribution in [0.5, 0.6) is 0 Å². The molecule has 0 spiro atoms. The summed E-state index contributed by atoms with van der Waals surface area (Å²) >= 11 is 0. The molecular formula is C14H20N2O3. The molecule has 0 fully saturated rings. The highest BCUT2D eigenvalue weighted by Gasteiger charge is 2.13. The van der Waals surface area contributed by atoms with Gasteiger partial charge in [-0.25, -0.2) is 4.79 Å². The molecule has 104 valence electrons. The molecule has 0 aliphatic carbocycles. The molecule has 19 heavy (non-hydrogen) atoms. The summed E-state index contributed by atoms with van der Waals surface area (Å²) in [4.78, 5) is 23.3. The van der Waals surface area contributed by atoms with E-state index in [4.69, 9.17) is 5.73 Å². The van der Waals surface area contributed by atoms with E-state index in [1.165, 1.54) is 7.11 Å². The normalized spacial score (nSPS) is 11.7. The van der Waals surface area contributed by atoms with E-state index in [0.29, 0.717) is 30.1 Å². The van der Waals surface area contributed by atoms with E-state index in [1.54, 1.807) is 24.3 Å². The van der Waals surface area contributed by atoms with Gasteiger partial charge in [0.2, 0.25) is 5.91 Å². The number of ether oxygens (including phenoxy) is 1. The molecule has 1 rings (SSSR count). The molecule has 1 unspecified atom stereocenters. The maximum Gasteiger partial charge on any atom is 0.339 e. The van der Waals surface area contributed by atoms with Crippen LogP contribution in [0.4, 0.5) is 5.69 Å². The van der Waals surface area contributed by atoms with Crippen LogP contribution < -0.4 is 11.1 Å². The Hall–Kier alpha value is -1.88. The van der Waals surface area contributed by atoms with Crippen molar-refractivity contribution in [2.45, 2.75) is 19.8 Å². The molecule has 0 heterocycles. The van der Waals surface area contributed by atoms with Gasteiger partial charge >= 0.3 is 5.97 Å². The van der Waals surface area contributed by atoms with Crippen LogP contribution in [0.2, 0.25) is 0 Å². The lowest BCUT2D eigenvalue weighted by atomic mass is 10.1. The molecule has 0 aliphatic heterocycles. The van der Waals surface area contributed by atoms with Gasteiger partial charge in [-0.2, -0.15) is 0 Å². The van der Waals surface area contributed by atoms with Gasteiger partial charge in [-0.15, -0.1) is 0 Å². The summed E-state index contributed by atoms with van der Waals surface area (Å²) in [6, 6.07) is 6.77. The fraction of sp³-hybridized carbons (Fsp3) is 0.429. The van der Waals surface area contributed by atoms with Crippen LogP contribution in [0.15, 0.2) is 24.3 Å². The largest absolute Gasteiger partial charge is 0.465 e. The van der Waals surface area contributed by atoms with Crippen molar-refractivity contribution in [3.05, 3.63) is 29.8 Å². The average Bonchev–Trinajstić information content (AvgIpc) is 2.44. The molecular weight excluding hydrogens is 244 g/mol. The third kappa shape index (κ3) is 4.71. The maximum absolute atomic E-state index is 11.8. The Bertz CT molecular complexity index is 446. The number of hydrogen-bond acceptors (Lipinski definition) is 4. The molecule has 0 bridgehead atoms. The van der Waals surface area contributed by atoms with Gasteiger partial charge in [0.15, 0.2) is 0 Å². The number of nitrogens with one attached hydrogen (secondary N) is 1. The number of carbonyl (C=O) groups is 2. The molecule has 1 aromatic carbocycles. The van der Waals surface area contributed by atoms with Crippen LogP contribution >= 0.6 is 0 Å². The molecule has 0 saturated carbocycles. The monoisotopic (exact) mass is 264 g/mol. The first-order chi connectivity index (χ1) is 9.08. The Labute approximate surface area is 113 Å². The van der Waals surface area contributed by atoms with Gasteiger partial charge < -0.3 is 15.8 Å². The van der Waals surface area contributed by atoms with Crippen LogP contribution in [-0.4, -0.2) is 25.5 Å². The molecule has 0 radical (unpaired) electrons. The van der Waals surface area contributed by atoms with E-state index in [2.05, 4.69) is 10.1 Å². The van der Waals surface area contributed by atoms with Crippen LogP contribution in [-0.2, 0) is 9.53 Å². The second kappa shape index (κ2) is 7.53. The van der Waals surface area contributed by atoms with Gasteiger partial charge in [0.1, 0.15) is 0 Å². The average molecular weight is 264 g/mol. The topological polar surface area (TPSA) is 81.4 Å². The van der Waals surface area contributed by atoms with E-state index < -0.39 is 5.97 Å². The van der Waals surface area contributed by atoms with E-state index in [9.17, 15) is 9.59 Å². The van der Waals surface area contributed by atoms with Crippen LogP contribution in [0.1, 0.15) is 30.1 Å². The summed E-state index contributed by atoms with van der Waals surface area (Å²) in [5.74, 6) is -0.288. The number of hydrogen-bond donors (Lipinski definition) is 2. The molecule has 5 heteroatoms. The van der Waals surface area contributed by atoms with Crippen LogP contribution in [0.25, 0.3) is 0 Å². The fourth-order valence-corrected chi connectivity index (χ4v) is 1.59. The Morgan fingerprint density at radius 3 is 2.68 bits per heavy atom. The van der Waals surface area contributed by atoms with Crippen molar-refractivity contribution >= 4 is 17.6 Å². The predicted octanol–water partition coefficient (Wildman–Crippen LogP) is 1.79. The summed E-state index contributed by atoms with van der Waals surface area (Å²) in [7, 11) is 1.31. The quantitative estimate of drug-likeness (QED) is 0.767. The third-order valence-electron chi connectivity index (χ3n) is 2.87. The Morgan fingerprint density at radius 2 is 2.05 bits per heavy atom. The molecule has 5 nitrogen and oxygen atoms in total. The lowest BCUT2D eigenvalue weighted by molar-refractivity contribution is -0.116. The molecule has 1 atom stereocenters. The van der Waals surface area contributed by atoms with Gasteiger partial charge in [0.25, 0.3) is 0 Å². The van der Waals surface area contributed by atoms with Crippen LogP contribution in [0.3, 0.4) is 0 Å². The molecule has 0 aromatic heterocycles. The smallest absolute Gasteiger partial charge is 0.339 e. The number of carbonyl (C=O) groups excluding carboxylic acids is 2. The number of anilines is 1. The van der Waals surface area contributed by atoms with Crippen molar-refractivity contribution in [3.63, 3.8) is 0 Å². The van der Waals surface area contributed by atoms with Crippen LogP contribution in [0, 0.1) is 5.92 Å². The van der Waals surface area contributed by atoms with Crippen molar-refractivity contribution in [3.8, 4) is 0 Å². The summed E-state index contributed by atoms with van der Waals surface area (Å²) < 4.78 is 4.67. The van der Waals surface area contributed by atoms with Gasteiger partial charge in [0, 0.05) is 6.42 Å². The number of esters is 1. The highest BCUT2D eigenvalue weighted by atomic mass is 16.5. The molecule has 1 amide bonds. The molecule has 1 aromatic rings. The standard InChI is InChI=1S/C14H20N2O3/c1-10(9-15)7-8-13(17)16-12-6-4-3-5-11(12)14(18)19-2/h3-6,10H,7-9,15H2,1-2H3,(H,16,17). The predicted molar refractivity (Wildman–Crippen MR) is 73.9 cm³/mol. The zero-order valence-corrected chi connectivity index (χ0v) is 11.3. The van der Waals surface area contributed by atoms with Crippen molar-refractivity contribution in [2.24, 2.45) is 11.7 Å². The molecule has 3 N–H and O–H groups in total. The van der Waals surface area contributed by atoms with E-state index in [0.717, 1.165) is 6.42 Å². The second-order valence-electron chi connectivity index (χ2n) is 4.46. The number of rotatable bonds is 6. The van der Waals surface area contributed by atoms with Crippen molar-refractivity contribution < 1.29 is 14.3 Å². The summed E-state index contributed by atoms with van der Waals surface area (Å²) in [5, 5.41) is 2.72. The number of amides is 1. The highest BCUT2D eigenvalue weighted by Crippen LogP contribution is 2.16. The number of benzene rings is 1. The summed E-state index contributed by atoms with van der Waals surface area (Å²) in [5.41, 5.74) is 6.32. The van der Waals surface area contributed by atoms with Crippen molar-refractivity contribution in [1.29, 1.82) is 0 Å². The van der Waals surface area contributed by atoms with Gasteiger partial charge in [-0.3, -0.25) is 4.79 Å². The minimum Gasteiger partial charge on any atom is -0.465 e. The Balaban J connectivity index is 2.66. The second-order valence-corrected chi connectivity index (χ2v) is 4.46. The minimum absolute atomic E-state index is 0.128. The van der Waals surface area contributed by atoms with Gasteiger partial charge in [-0.1, -0.05) is 19.1 Å². The minimum atomic E-state index is -0.466. The molecule has 0 saturated heterocycles. The maximum atomic E-state index is 11.8. The lowest BCUT2D eigenvalue weighted by Crippen LogP contribution is -2.18. The number of methoxy groups -OCH3 is 1. The summed E-state index contributed by atoms with van der Waals surface area (Å²) in [6.45, 7) is 2.56. The van der Waals surface area contributed by atoms with Gasteiger partial charge in [0.05, 0.1) is 18.4 Å². The van der Waals surface area contributed by atoms with E-state index in [-0.39, 0.29) is 5.91 Å².